The Hall–Kier alpha value is -1.52. The summed E-state index contributed by atoms with van der Waals surface area (Å²) in [5.74, 6) is 0.0967. The van der Waals surface area contributed by atoms with Crippen LogP contribution in [-0.4, -0.2) is 6.61 Å². The van der Waals surface area contributed by atoms with E-state index in [1.54, 1.807) is 30.3 Å². The minimum Gasteiger partial charge on any atom is -0.433 e. The lowest BCUT2D eigenvalue weighted by molar-refractivity contribution is -0.0493. The Labute approximate surface area is 131 Å². The van der Waals surface area contributed by atoms with Crippen molar-refractivity contribution in [2.45, 2.75) is 19.6 Å². The highest BCUT2D eigenvalue weighted by molar-refractivity contribution is 6.42. The van der Waals surface area contributed by atoms with Crippen molar-refractivity contribution in [3.8, 4) is 5.75 Å². The highest BCUT2D eigenvalue weighted by Crippen LogP contribution is 2.31. The minimum atomic E-state index is -2.87. The van der Waals surface area contributed by atoms with E-state index in [1.807, 2.05) is 13.0 Å². The lowest BCUT2D eigenvalue weighted by Crippen LogP contribution is -2.10. The summed E-state index contributed by atoms with van der Waals surface area (Å²) in [7, 11) is 0. The van der Waals surface area contributed by atoms with Crippen LogP contribution in [0.25, 0.3) is 0 Å². The number of nitrogens with one attached hydrogen (secondary N) is 1. The summed E-state index contributed by atoms with van der Waals surface area (Å²) in [5, 5.41) is 4.03. The van der Waals surface area contributed by atoms with Crippen molar-refractivity contribution in [1.29, 1.82) is 0 Å². The predicted molar refractivity (Wildman–Crippen MR) is 81.6 cm³/mol. The molecular formula is C15H13Cl2F2NO. The zero-order chi connectivity index (χ0) is 15.4. The standard InChI is InChI=1S/C15H13Cl2F2NO/c1-9(10-6-7-11(16)12(17)8-10)20-13-4-2-3-5-14(13)21-15(18)19/h2-9,15,20H,1H3. The summed E-state index contributed by atoms with van der Waals surface area (Å²) in [6.45, 7) is -0.980. The molecule has 0 aromatic heterocycles. The largest absolute Gasteiger partial charge is 0.433 e. The highest BCUT2D eigenvalue weighted by Gasteiger charge is 2.13. The maximum absolute atomic E-state index is 12.4. The van der Waals surface area contributed by atoms with Crippen molar-refractivity contribution in [2.24, 2.45) is 0 Å². The van der Waals surface area contributed by atoms with E-state index in [4.69, 9.17) is 23.2 Å². The maximum Gasteiger partial charge on any atom is 0.387 e. The van der Waals surface area contributed by atoms with Gasteiger partial charge in [0.05, 0.1) is 15.7 Å². The Morgan fingerprint density at radius 1 is 1.05 bits per heavy atom. The van der Waals surface area contributed by atoms with E-state index in [9.17, 15) is 8.78 Å². The molecule has 21 heavy (non-hydrogen) atoms. The van der Waals surface area contributed by atoms with Gasteiger partial charge in [0.15, 0.2) is 0 Å². The minimum absolute atomic E-state index is 0.0967. The van der Waals surface area contributed by atoms with Crippen LogP contribution in [0, 0.1) is 0 Å². The van der Waals surface area contributed by atoms with E-state index in [0.717, 1.165) is 5.56 Å². The van der Waals surface area contributed by atoms with Gasteiger partial charge in [-0.15, -0.1) is 0 Å². The fourth-order valence-corrected chi connectivity index (χ4v) is 2.19. The summed E-state index contributed by atoms with van der Waals surface area (Å²) >= 11 is 11.8. The van der Waals surface area contributed by atoms with Crippen LogP contribution in [0.4, 0.5) is 14.5 Å². The van der Waals surface area contributed by atoms with Crippen LogP contribution in [0.15, 0.2) is 42.5 Å². The number of rotatable bonds is 5. The zero-order valence-corrected chi connectivity index (χ0v) is 12.6. The second-order valence-corrected chi connectivity index (χ2v) is 5.23. The van der Waals surface area contributed by atoms with Crippen LogP contribution < -0.4 is 10.1 Å². The van der Waals surface area contributed by atoms with E-state index in [0.29, 0.717) is 15.7 Å². The van der Waals surface area contributed by atoms with Gasteiger partial charge in [-0.1, -0.05) is 41.4 Å². The zero-order valence-electron chi connectivity index (χ0n) is 11.1. The molecule has 0 heterocycles. The summed E-state index contributed by atoms with van der Waals surface area (Å²) in [4.78, 5) is 0. The monoisotopic (exact) mass is 331 g/mol. The number of hydrogen-bond acceptors (Lipinski definition) is 2. The number of alkyl halides is 2. The molecular weight excluding hydrogens is 319 g/mol. The number of ether oxygens (including phenoxy) is 1. The number of anilines is 1. The third-order valence-electron chi connectivity index (χ3n) is 2.92. The van der Waals surface area contributed by atoms with Crippen molar-refractivity contribution in [3.63, 3.8) is 0 Å². The van der Waals surface area contributed by atoms with Gasteiger partial charge < -0.3 is 10.1 Å². The molecule has 1 N–H and O–H groups in total. The second kappa shape index (κ2) is 6.96. The second-order valence-electron chi connectivity index (χ2n) is 4.41. The van der Waals surface area contributed by atoms with E-state index >= 15 is 0 Å². The number of halogens is 4. The Morgan fingerprint density at radius 2 is 1.76 bits per heavy atom. The van der Waals surface area contributed by atoms with Crippen LogP contribution >= 0.6 is 23.2 Å². The summed E-state index contributed by atoms with van der Waals surface area (Å²) < 4.78 is 29.2. The molecule has 0 amide bonds. The maximum atomic E-state index is 12.4. The van der Waals surface area contributed by atoms with Crippen molar-refractivity contribution < 1.29 is 13.5 Å². The molecule has 0 aliphatic carbocycles. The fraction of sp³-hybridized carbons (Fsp3) is 0.200. The van der Waals surface area contributed by atoms with Gasteiger partial charge in [-0.2, -0.15) is 8.78 Å². The molecule has 0 saturated carbocycles. The first-order chi connectivity index (χ1) is 9.97. The molecule has 2 aromatic rings. The SMILES string of the molecule is CC(Nc1ccccc1OC(F)F)c1ccc(Cl)c(Cl)c1. The van der Waals surface area contributed by atoms with Gasteiger partial charge in [0.2, 0.25) is 0 Å². The molecule has 0 spiro atoms. The molecule has 2 nitrogen and oxygen atoms in total. The van der Waals surface area contributed by atoms with Crippen LogP contribution in [0.2, 0.25) is 10.0 Å². The first kappa shape index (κ1) is 15.9. The molecule has 6 heteroatoms. The first-order valence-corrected chi connectivity index (χ1v) is 6.98. The van der Waals surface area contributed by atoms with Crippen LogP contribution in [0.3, 0.4) is 0 Å². The molecule has 1 unspecified atom stereocenters. The van der Waals surface area contributed by atoms with Crippen molar-refractivity contribution in [1.82, 2.24) is 0 Å². The molecule has 0 radical (unpaired) electrons. The Kier molecular flexibility index (Phi) is 5.26. The Bertz CT molecular complexity index is 622. The molecule has 112 valence electrons. The molecule has 0 fully saturated rings. The molecule has 2 rings (SSSR count). The smallest absolute Gasteiger partial charge is 0.387 e. The van der Waals surface area contributed by atoms with Crippen LogP contribution in [-0.2, 0) is 0 Å². The van der Waals surface area contributed by atoms with Crippen molar-refractivity contribution in [3.05, 3.63) is 58.1 Å². The van der Waals surface area contributed by atoms with Gasteiger partial charge in [-0.25, -0.2) is 0 Å². The van der Waals surface area contributed by atoms with Gasteiger partial charge in [-0.05, 0) is 36.8 Å². The highest BCUT2D eigenvalue weighted by atomic mass is 35.5. The molecule has 1 atom stereocenters. The predicted octanol–water partition coefficient (Wildman–Crippen LogP) is 5.77. The molecule has 0 saturated heterocycles. The van der Waals surface area contributed by atoms with Crippen LogP contribution in [0.5, 0.6) is 5.75 Å². The number of para-hydroxylation sites is 2. The van der Waals surface area contributed by atoms with Crippen molar-refractivity contribution in [2.75, 3.05) is 5.32 Å². The lowest BCUT2D eigenvalue weighted by Gasteiger charge is -2.19. The summed E-state index contributed by atoms with van der Waals surface area (Å²) in [6.07, 6.45) is 0. The van der Waals surface area contributed by atoms with Gasteiger partial charge in [-0.3, -0.25) is 0 Å². The van der Waals surface area contributed by atoms with Crippen LogP contribution in [0.1, 0.15) is 18.5 Å². The van der Waals surface area contributed by atoms with Gasteiger partial charge in [0, 0.05) is 6.04 Å². The third kappa shape index (κ3) is 4.22. The van der Waals surface area contributed by atoms with E-state index in [-0.39, 0.29) is 11.8 Å². The average Bonchev–Trinajstić information content (AvgIpc) is 2.43. The van der Waals surface area contributed by atoms with Gasteiger partial charge in [0.25, 0.3) is 0 Å². The Morgan fingerprint density at radius 3 is 2.43 bits per heavy atom. The summed E-state index contributed by atoms with van der Waals surface area (Å²) in [5.41, 5.74) is 1.37. The third-order valence-corrected chi connectivity index (χ3v) is 3.66. The quantitative estimate of drug-likeness (QED) is 0.751. The van der Waals surface area contributed by atoms with Gasteiger partial charge in [0.1, 0.15) is 5.75 Å². The first-order valence-electron chi connectivity index (χ1n) is 6.22. The summed E-state index contributed by atoms with van der Waals surface area (Å²) in [6, 6.07) is 11.6. The molecule has 0 aliphatic rings. The lowest BCUT2D eigenvalue weighted by atomic mass is 10.1. The molecule has 2 aromatic carbocycles. The van der Waals surface area contributed by atoms with E-state index < -0.39 is 6.61 Å². The topological polar surface area (TPSA) is 21.3 Å². The van der Waals surface area contributed by atoms with E-state index in [2.05, 4.69) is 10.1 Å². The molecule has 0 aliphatic heterocycles. The van der Waals surface area contributed by atoms with Gasteiger partial charge >= 0.3 is 6.61 Å². The van der Waals surface area contributed by atoms with E-state index in [1.165, 1.54) is 6.07 Å². The fourth-order valence-electron chi connectivity index (χ4n) is 1.88. The average molecular weight is 332 g/mol. The number of hydrogen-bond donors (Lipinski definition) is 1. The molecule has 0 bridgehead atoms. The van der Waals surface area contributed by atoms with Crippen molar-refractivity contribution >= 4 is 28.9 Å². The number of benzene rings is 2. The Balaban J connectivity index is 2.19. The normalized spacial score (nSPS) is 12.3.